The van der Waals surface area contributed by atoms with E-state index >= 15 is 0 Å². The molecular formula is C17H13F4N3O. The van der Waals surface area contributed by atoms with E-state index in [1.807, 2.05) is 0 Å². The smallest absolute Gasteiger partial charge is 0.185 e. The van der Waals surface area contributed by atoms with Crippen LogP contribution in [0.1, 0.15) is 11.3 Å². The van der Waals surface area contributed by atoms with Crippen molar-refractivity contribution in [3.8, 4) is 0 Å². The van der Waals surface area contributed by atoms with Gasteiger partial charge in [-0.2, -0.15) is 0 Å². The maximum Gasteiger partial charge on any atom is 0.185 e. The van der Waals surface area contributed by atoms with Crippen molar-refractivity contribution >= 4 is 17.5 Å². The van der Waals surface area contributed by atoms with Gasteiger partial charge in [-0.15, -0.1) is 0 Å². The molecule has 130 valence electrons. The highest BCUT2D eigenvalue weighted by atomic mass is 19.2. The maximum absolute atomic E-state index is 14.6. The Labute approximate surface area is 140 Å². The number of rotatable bonds is 5. The molecule has 0 atom stereocenters. The Morgan fingerprint density at radius 2 is 1.84 bits per heavy atom. The molecule has 0 amide bonds. The number of halogens is 4. The summed E-state index contributed by atoms with van der Waals surface area (Å²) in [5.41, 5.74) is -1.50. The van der Waals surface area contributed by atoms with Crippen LogP contribution in [0.5, 0.6) is 0 Å². The van der Waals surface area contributed by atoms with Crippen LogP contribution < -0.4 is 5.32 Å². The van der Waals surface area contributed by atoms with Crippen LogP contribution in [0.2, 0.25) is 0 Å². The van der Waals surface area contributed by atoms with Gasteiger partial charge >= 0.3 is 0 Å². The fourth-order valence-electron chi connectivity index (χ4n) is 2.52. The Morgan fingerprint density at radius 3 is 2.36 bits per heavy atom. The maximum atomic E-state index is 14.6. The van der Waals surface area contributed by atoms with Crippen molar-refractivity contribution in [2.75, 3.05) is 18.5 Å². The largest absolute Gasteiger partial charge is 0.395 e. The van der Waals surface area contributed by atoms with Crippen LogP contribution in [0.25, 0.3) is 5.57 Å². The van der Waals surface area contributed by atoms with Crippen molar-refractivity contribution in [1.82, 2.24) is 4.98 Å². The number of aromatic nitrogens is 1. The number of anilines is 1. The zero-order valence-corrected chi connectivity index (χ0v) is 12.8. The molecule has 0 unspecified atom stereocenters. The highest BCUT2D eigenvalue weighted by Crippen LogP contribution is 2.37. The van der Waals surface area contributed by atoms with Crippen LogP contribution in [0, 0.1) is 23.3 Å². The summed E-state index contributed by atoms with van der Waals surface area (Å²) >= 11 is 0. The minimum atomic E-state index is -1.57. The Morgan fingerprint density at radius 1 is 1.12 bits per heavy atom. The number of allylic oxidation sites excluding steroid dienone is 2. The van der Waals surface area contributed by atoms with Crippen molar-refractivity contribution in [3.63, 3.8) is 0 Å². The molecule has 2 heterocycles. The molecule has 0 radical (unpaired) electrons. The number of nitrogens with zero attached hydrogens (tertiary/aromatic N) is 1. The zero-order valence-electron chi connectivity index (χ0n) is 12.8. The fourth-order valence-corrected chi connectivity index (χ4v) is 2.52. The van der Waals surface area contributed by atoms with E-state index in [1.165, 1.54) is 30.6 Å². The lowest BCUT2D eigenvalue weighted by Gasteiger charge is -2.15. The minimum Gasteiger partial charge on any atom is -0.395 e. The summed E-state index contributed by atoms with van der Waals surface area (Å²) in [6, 6.07) is 3.09. The van der Waals surface area contributed by atoms with Crippen LogP contribution in [-0.4, -0.2) is 29.5 Å². The fraction of sp³-hybridized carbons (Fsp3) is 0.118. The van der Waals surface area contributed by atoms with E-state index in [4.69, 9.17) is 5.11 Å². The van der Waals surface area contributed by atoms with Crippen LogP contribution in [0.15, 0.2) is 41.2 Å². The number of benzene rings is 1. The Bertz CT molecular complexity index is 843. The molecule has 1 aromatic heterocycles. The molecule has 1 aliphatic rings. The molecule has 25 heavy (non-hydrogen) atoms. The van der Waals surface area contributed by atoms with Crippen LogP contribution in [0.4, 0.5) is 23.2 Å². The molecule has 3 N–H and O–H groups in total. The predicted molar refractivity (Wildman–Crippen MR) is 86.3 cm³/mol. The normalized spacial score (nSPS) is 15.1. The predicted octanol–water partition coefficient (Wildman–Crippen LogP) is 3.38. The lowest BCUT2D eigenvalue weighted by atomic mass is 9.98. The Kier molecular flexibility index (Phi) is 4.71. The van der Waals surface area contributed by atoms with Crippen molar-refractivity contribution < 1.29 is 22.7 Å². The third kappa shape index (κ3) is 2.96. The van der Waals surface area contributed by atoms with Gasteiger partial charge in [-0.25, -0.2) is 17.6 Å². The van der Waals surface area contributed by atoms with Gasteiger partial charge in [-0.3, -0.25) is 4.99 Å². The van der Waals surface area contributed by atoms with Crippen molar-refractivity contribution in [1.29, 1.82) is 0 Å². The monoisotopic (exact) mass is 351 g/mol. The van der Waals surface area contributed by atoms with E-state index in [1.54, 1.807) is 6.07 Å². The second-order valence-electron chi connectivity index (χ2n) is 5.14. The number of hydrogen-bond donors (Lipinski definition) is 3. The second-order valence-corrected chi connectivity index (χ2v) is 5.14. The van der Waals surface area contributed by atoms with Gasteiger partial charge in [-0.05, 0) is 24.3 Å². The standard InChI is InChI=1S/C17H13F4N3O/c18-13-12(14(19)16(21)17(15(13)20)24-7-8-25)11(9-3-1-5-22-9)10-4-2-6-23-10/h1-6,22,24-25H,7-8H2/b11-10+. The molecule has 2 aromatic rings. The molecule has 4 nitrogen and oxygen atoms in total. The third-order valence-corrected chi connectivity index (χ3v) is 3.60. The summed E-state index contributed by atoms with van der Waals surface area (Å²) in [4.78, 5) is 6.74. The topological polar surface area (TPSA) is 60.4 Å². The quantitative estimate of drug-likeness (QED) is 0.571. The van der Waals surface area contributed by atoms with Crippen LogP contribution in [0.3, 0.4) is 0 Å². The highest BCUT2D eigenvalue weighted by Gasteiger charge is 2.29. The van der Waals surface area contributed by atoms with Gasteiger partial charge in [0.1, 0.15) is 5.69 Å². The lowest BCUT2D eigenvalue weighted by molar-refractivity contribution is 0.310. The van der Waals surface area contributed by atoms with Gasteiger partial charge in [0.15, 0.2) is 23.3 Å². The van der Waals surface area contributed by atoms with E-state index in [2.05, 4.69) is 15.3 Å². The van der Waals surface area contributed by atoms with Crippen molar-refractivity contribution in [2.45, 2.75) is 0 Å². The molecule has 1 aromatic carbocycles. The number of aliphatic imine (C=N–C) groups is 1. The van der Waals surface area contributed by atoms with Crippen molar-refractivity contribution in [2.24, 2.45) is 4.99 Å². The van der Waals surface area contributed by atoms with E-state index in [0.717, 1.165) is 0 Å². The summed E-state index contributed by atoms with van der Waals surface area (Å²) in [7, 11) is 0. The molecule has 0 fully saturated rings. The summed E-state index contributed by atoms with van der Waals surface area (Å²) in [6.45, 7) is -0.717. The third-order valence-electron chi connectivity index (χ3n) is 3.60. The van der Waals surface area contributed by atoms with Crippen LogP contribution >= 0.6 is 0 Å². The summed E-state index contributed by atoms with van der Waals surface area (Å²) in [5.74, 6) is -6.24. The average molecular weight is 351 g/mol. The molecule has 8 heteroatoms. The van der Waals surface area contributed by atoms with Gasteiger partial charge in [0.2, 0.25) is 0 Å². The molecule has 1 aliphatic heterocycles. The van der Waals surface area contributed by atoms with Gasteiger partial charge in [0, 0.05) is 30.2 Å². The molecular weight excluding hydrogens is 338 g/mol. The van der Waals surface area contributed by atoms with Crippen LogP contribution in [-0.2, 0) is 0 Å². The summed E-state index contributed by atoms with van der Waals surface area (Å²) < 4.78 is 57.8. The number of aromatic amines is 1. The Balaban J connectivity index is 2.27. The highest BCUT2D eigenvalue weighted by molar-refractivity contribution is 5.88. The Hall–Kier alpha value is -2.87. The average Bonchev–Trinajstić information content (AvgIpc) is 3.31. The van der Waals surface area contributed by atoms with E-state index in [9.17, 15) is 17.6 Å². The van der Waals surface area contributed by atoms with Gasteiger partial charge in [-0.1, -0.05) is 0 Å². The van der Waals surface area contributed by atoms with Gasteiger partial charge in [0.05, 0.1) is 17.9 Å². The first-order valence-corrected chi connectivity index (χ1v) is 7.36. The number of H-pyrrole nitrogens is 1. The SMILES string of the molecule is OCCNc1c(F)c(F)c(/C(=C2\C=CC=N2)c2ccc[nH]2)c(F)c1F. The number of hydrogen-bond acceptors (Lipinski definition) is 3. The van der Waals surface area contributed by atoms with Gasteiger partial charge < -0.3 is 15.4 Å². The van der Waals surface area contributed by atoms with E-state index in [-0.39, 0.29) is 23.5 Å². The second kappa shape index (κ2) is 6.94. The first-order valence-electron chi connectivity index (χ1n) is 7.36. The lowest BCUT2D eigenvalue weighted by Crippen LogP contribution is -2.14. The number of aliphatic hydroxyl groups is 1. The number of nitrogens with one attached hydrogen (secondary N) is 2. The van der Waals surface area contributed by atoms with E-state index < -0.39 is 41.1 Å². The molecule has 0 saturated heterocycles. The first kappa shape index (κ1) is 17.0. The van der Waals surface area contributed by atoms with E-state index in [0.29, 0.717) is 0 Å². The van der Waals surface area contributed by atoms with Gasteiger partial charge in [0.25, 0.3) is 0 Å². The molecule has 0 spiro atoms. The first-order chi connectivity index (χ1) is 12.1. The molecule has 0 aliphatic carbocycles. The molecule has 0 bridgehead atoms. The zero-order chi connectivity index (χ0) is 18.0. The molecule has 3 rings (SSSR count). The van der Waals surface area contributed by atoms with Crippen molar-refractivity contribution in [3.05, 3.63) is 70.7 Å². The summed E-state index contributed by atoms with van der Waals surface area (Å²) in [5, 5.41) is 10.9. The minimum absolute atomic E-state index is 0.100. The number of aliphatic hydroxyl groups excluding tert-OH is 1. The molecule has 0 saturated carbocycles. The summed E-state index contributed by atoms with van der Waals surface area (Å²) in [6.07, 6.45) is 5.93.